The van der Waals surface area contributed by atoms with Crippen molar-refractivity contribution in [3.63, 3.8) is 0 Å². The molecule has 0 spiro atoms. The molecule has 0 unspecified atom stereocenters. The average Bonchev–Trinajstić information content (AvgIpc) is 2.69. The number of amides is 1. The van der Waals surface area contributed by atoms with Gasteiger partial charge >= 0.3 is 0 Å². The van der Waals surface area contributed by atoms with Crippen molar-refractivity contribution in [2.24, 2.45) is 0 Å². The third-order valence-corrected chi connectivity index (χ3v) is 7.79. The molecule has 0 saturated heterocycles. The zero-order chi connectivity index (χ0) is 22.4. The quantitative estimate of drug-likeness (QED) is 0.568. The van der Waals surface area contributed by atoms with Crippen molar-refractivity contribution in [3.8, 4) is 0 Å². The van der Waals surface area contributed by atoms with E-state index in [0.717, 1.165) is 24.3 Å². The minimum atomic E-state index is -3.85. The van der Waals surface area contributed by atoms with E-state index in [4.69, 9.17) is 0 Å². The van der Waals surface area contributed by atoms with Crippen molar-refractivity contribution in [2.75, 3.05) is 25.0 Å². The van der Waals surface area contributed by atoms with E-state index in [1.54, 1.807) is 13.8 Å². The highest BCUT2D eigenvalue weighted by Gasteiger charge is 2.21. The second kappa shape index (κ2) is 10.1. The molecule has 0 bridgehead atoms. The molecule has 0 radical (unpaired) electrons. The maximum Gasteiger partial charge on any atom is 0.243 e. The van der Waals surface area contributed by atoms with Crippen LogP contribution in [0.15, 0.2) is 58.3 Å². The predicted molar refractivity (Wildman–Crippen MR) is 111 cm³/mol. The van der Waals surface area contributed by atoms with Crippen molar-refractivity contribution in [3.05, 3.63) is 54.3 Å². The van der Waals surface area contributed by atoms with Crippen LogP contribution in [0, 0.1) is 5.82 Å². The number of sulfonamides is 2. The van der Waals surface area contributed by atoms with Crippen molar-refractivity contribution in [2.45, 2.75) is 30.1 Å². The Balaban J connectivity index is 1.91. The van der Waals surface area contributed by atoms with Crippen molar-refractivity contribution < 1.29 is 26.0 Å². The molecule has 1 amide bonds. The van der Waals surface area contributed by atoms with Crippen LogP contribution in [0.25, 0.3) is 0 Å². The Kier molecular flexibility index (Phi) is 8.07. The Labute approximate surface area is 176 Å². The van der Waals surface area contributed by atoms with Gasteiger partial charge in [0.15, 0.2) is 0 Å². The van der Waals surface area contributed by atoms with Crippen LogP contribution in [0.1, 0.15) is 20.3 Å². The summed E-state index contributed by atoms with van der Waals surface area (Å²) in [5.74, 6) is -1.000. The molecule has 0 aromatic heterocycles. The molecule has 0 heterocycles. The highest BCUT2D eigenvalue weighted by molar-refractivity contribution is 7.89. The molecule has 2 aromatic carbocycles. The zero-order valence-corrected chi connectivity index (χ0v) is 18.3. The van der Waals surface area contributed by atoms with Gasteiger partial charge in [0.1, 0.15) is 5.82 Å². The van der Waals surface area contributed by atoms with Crippen molar-refractivity contribution >= 4 is 31.6 Å². The second-order valence-corrected chi connectivity index (χ2v) is 9.97. The number of halogens is 1. The maximum absolute atomic E-state index is 12.9. The van der Waals surface area contributed by atoms with E-state index >= 15 is 0 Å². The fourth-order valence-electron chi connectivity index (χ4n) is 2.64. The van der Waals surface area contributed by atoms with Gasteiger partial charge in [-0.2, -0.15) is 4.31 Å². The summed E-state index contributed by atoms with van der Waals surface area (Å²) in [6, 6.07) is 10.1. The van der Waals surface area contributed by atoms with Gasteiger partial charge in [-0.3, -0.25) is 4.79 Å². The van der Waals surface area contributed by atoms with Crippen LogP contribution >= 0.6 is 0 Å². The third kappa shape index (κ3) is 6.08. The summed E-state index contributed by atoms with van der Waals surface area (Å²) in [5, 5.41) is 2.58. The Morgan fingerprint density at radius 1 is 0.900 bits per heavy atom. The normalized spacial score (nSPS) is 12.1. The van der Waals surface area contributed by atoms with Gasteiger partial charge in [0, 0.05) is 31.7 Å². The van der Waals surface area contributed by atoms with Gasteiger partial charge in [-0.05, 0) is 48.5 Å². The van der Waals surface area contributed by atoms with Crippen LogP contribution < -0.4 is 10.0 Å². The van der Waals surface area contributed by atoms with Crippen LogP contribution in [-0.4, -0.2) is 46.7 Å². The second-order valence-electron chi connectivity index (χ2n) is 6.26. The first-order valence-corrected chi connectivity index (χ1v) is 12.2. The largest absolute Gasteiger partial charge is 0.326 e. The maximum atomic E-state index is 12.9. The number of nitrogens with zero attached hydrogens (tertiary/aromatic N) is 1. The minimum absolute atomic E-state index is 0.102. The molecule has 0 aliphatic heterocycles. The predicted octanol–water partition coefficient (Wildman–Crippen LogP) is 2.16. The Morgan fingerprint density at radius 2 is 1.43 bits per heavy atom. The number of anilines is 1. The summed E-state index contributed by atoms with van der Waals surface area (Å²) in [6.45, 7) is 4.05. The summed E-state index contributed by atoms with van der Waals surface area (Å²) >= 11 is 0. The van der Waals surface area contributed by atoms with E-state index in [0.29, 0.717) is 18.8 Å². The van der Waals surface area contributed by atoms with Gasteiger partial charge in [-0.25, -0.2) is 25.9 Å². The number of hydrogen-bond acceptors (Lipinski definition) is 5. The van der Waals surface area contributed by atoms with E-state index in [1.165, 1.54) is 28.6 Å². The molecular weight excluding hydrogens is 433 g/mol. The van der Waals surface area contributed by atoms with Crippen LogP contribution in [0.4, 0.5) is 10.1 Å². The molecule has 2 N–H and O–H groups in total. The molecule has 0 aliphatic carbocycles. The van der Waals surface area contributed by atoms with Gasteiger partial charge in [0.2, 0.25) is 26.0 Å². The number of rotatable bonds is 10. The Hall–Kier alpha value is -2.34. The Morgan fingerprint density at radius 3 is 1.97 bits per heavy atom. The molecular formula is C19H24FN3O5S2. The van der Waals surface area contributed by atoms with E-state index in [1.807, 2.05) is 0 Å². The molecule has 8 nitrogen and oxygen atoms in total. The number of carbonyl (C=O) groups excluding carboxylic acids is 1. The first-order valence-electron chi connectivity index (χ1n) is 9.25. The lowest BCUT2D eigenvalue weighted by molar-refractivity contribution is -0.116. The van der Waals surface area contributed by atoms with E-state index < -0.39 is 31.8 Å². The van der Waals surface area contributed by atoms with Gasteiger partial charge in [-0.1, -0.05) is 13.8 Å². The SMILES string of the molecule is CCN(CC)S(=O)(=O)c1ccc(NC(=O)CCNS(=O)(=O)c2ccc(F)cc2)cc1. The summed E-state index contributed by atoms with van der Waals surface area (Å²) in [5.41, 5.74) is 0.389. The monoisotopic (exact) mass is 457 g/mol. The summed E-state index contributed by atoms with van der Waals surface area (Å²) in [4.78, 5) is 12.1. The molecule has 0 fully saturated rings. The standard InChI is InChI=1S/C19H24FN3O5S2/c1-3-23(4-2)30(27,28)18-11-7-16(8-12-18)22-19(24)13-14-21-29(25,26)17-9-5-15(20)6-10-17/h5-12,21H,3-4,13-14H2,1-2H3,(H,22,24). The third-order valence-electron chi connectivity index (χ3n) is 4.25. The lowest BCUT2D eigenvalue weighted by Crippen LogP contribution is -2.30. The summed E-state index contributed by atoms with van der Waals surface area (Å²) in [7, 11) is -7.43. The number of hydrogen-bond donors (Lipinski definition) is 2. The topological polar surface area (TPSA) is 113 Å². The fourth-order valence-corrected chi connectivity index (χ4v) is 5.13. The fraction of sp³-hybridized carbons (Fsp3) is 0.316. The van der Waals surface area contributed by atoms with Gasteiger partial charge in [-0.15, -0.1) is 0 Å². The van der Waals surface area contributed by atoms with Crippen LogP contribution in [0.3, 0.4) is 0 Å². The lowest BCUT2D eigenvalue weighted by atomic mass is 10.3. The Bertz CT molecular complexity index is 1070. The number of carbonyl (C=O) groups is 1. The van der Waals surface area contributed by atoms with Crippen LogP contribution in [-0.2, 0) is 24.8 Å². The molecule has 164 valence electrons. The van der Waals surface area contributed by atoms with E-state index in [-0.39, 0.29) is 22.8 Å². The molecule has 2 rings (SSSR count). The summed E-state index contributed by atoms with van der Waals surface area (Å²) < 4.78 is 65.6. The van der Waals surface area contributed by atoms with Gasteiger partial charge in [0.25, 0.3) is 0 Å². The lowest BCUT2D eigenvalue weighted by Gasteiger charge is -2.18. The van der Waals surface area contributed by atoms with Crippen LogP contribution in [0.2, 0.25) is 0 Å². The van der Waals surface area contributed by atoms with E-state index in [2.05, 4.69) is 10.0 Å². The highest BCUT2D eigenvalue weighted by atomic mass is 32.2. The van der Waals surface area contributed by atoms with E-state index in [9.17, 15) is 26.0 Å². The van der Waals surface area contributed by atoms with Gasteiger partial charge in [0.05, 0.1) is 9.79 Å². The molecule has 0 saturated carbocycles. The molecule has 11 heteroatoms. The molecule has 2 aromatic rings. The van der Waals surface area contributed by atoms with Crippen molar-refractivity contribution in [1.82, 2.24) is 9.03 Å². The molecule has 30 heavy (non-hydrogen) atoms. The van der Waals surface area contributed by atoms with Gasteiger partial charge < -0.3 is 5.32 Å². The minimum Gasteiger partial charge on any atom is -0.326 e. The first kappa shape index (κ1) is 23.9. The highest BCUT2D eigenvalue weighted by Crippen LogP contribution is 2.18. The van der Waals surface area contributed by atoms with Crippen LogP contribution in [0.5, 0.6) is 0 Å². The molecule has 0 atom stereocenters. The molecule has 0 aliphatic rings. The van der Waals surface area contributed by atoms with Crippen molar-refractivity contribution in [1.29, 1.82) is 0 Å². The number of benzene rings is 2. The smallest absolute Gasteiger partial charge is 0.243 e. The zero-order valence-electron chi connectivity index (χ0n) is 16.6. The average molecular weight is 458 g/mol. The first-order chi connectivity index (χ1) is 14.1. The summed E-state index contributed by atoms with van der Waals surface area (Å²) in [6.07, 6.45) is -0.139. The number of nitrogens with one attached hydrogen (secondary N) is 2.